The summed E-state index contributed by atoms with van der Waals surface area (Å²) in [7, 11) is 1.78. The van der Waals surface area contributed by atoms with Crippen molar-refractivity contribution in [3.8, 4) is 0 Å². The van der Waals surface area contributed by atoms with Crippen LogP contribution in [0.25, 0.3) is 0 Å². The van der Waals surface area contributed by atoms with Crippen molar-refractivity contribution >= 4 is 15.9 Å². The Labute approximate surface area is 175 Å². The van der Waals surface area contributed by atoms with Crippen molar-refractivity contribution in [2.75, 3.05) is 7.11 Å². The van der Waals surface area contributed by atoms with Gasteiger partial charge in [0.25, 0.3) is 0 Å². The highest BCUT2D eigenvalue weighted by Gasteiger charge is 2.61. The molecule has 9 atom stereocenters. The highest BCUT2D eigenvalue weighted by atomic mass is 79.9. The number of benzene rings is 2. The van der Waals surface area contributed by atoms with Crippen LogP contribution in [0.5, 0.6) is 0 Å². The van der Waals surface area contributed by atoms with Gasteiger partial charge in [-0.15, -0.1) is 0 Å². The molecule has 1 saturated heterocycles. The molecule has 5 rings (SSSR count). The first kappa shape index (κ1) is 18.8. The number of ether oxygens (including phenoxy) is 3. The highest BCUT2D eigenvalue weighted by molar-refractivity contribution is 9.09. The maximum Gasteiger partial charge on any atom is 0.161 e. The SMILES string of the molecule is CO[C@H]1O[C@@H](c2ccccc2)[C@H](c2ccccc2)O[C@@H]2[C@@H](Br)[C@H]3C[C@@H]2[C@@H]1[C@@H]3C. The summed E-state index contributed by atoms with van der Waals surface area (Å²) in [6.07, 6.45) is 0.785. The normalized spacial score (nSPS) is 42.2. The summed E-state index contributed by atoms with van der Waals surface area (Å²) in [6, 6.07) is 20.9. The lowest BCUT2D eigenvalue weighted by Crippen LogP contribution is -2.49. The first-order valence-electron chi connectivity index (χ1n) is 10.3. The molecule has 28 heavy (non-hydrogen) atoms. The summed E-state index contributed by atoms with van der Waals surface area (Å²) in [6.45, 7) is 2.35. The van der Waals surface area contributed by atoms with Crippen LogP contribution in [-0.4, -0.2) is 24.3 Å². The lowest BCUT2D eigenvalue weighted by atomic mass is 9.77. The molecule has 0 unspecified atom stereocenters. The Morgan fingerprint density at radius 3 is 1.96 bits per heavy atom. The van der Waals surface area contributed by atoms with Crippen molar-refractivity contribution in [1.29, 1.82) is 0 Å². The van der Waals surface area contributed by atoms with Crippen molar-refractivity contribution in [3.63, 3.8) is 0 Å². The van der Waals surface area contributed by atoms with E-state index in [9.17, 15) is 0 Å². The Morgan fingerprint density at radius 2 is 1.43 bits per heavy atom. The Hall–Kier alpha value is -1.20. The van der Waals surface area contributed by atoms with Crippen molar-refractivity contribution < 1.29 is 14.2 Å². The van der Waals surface area contributed by atoms with Gasteiger partial charge in [0.15, 0.2) is 6.29 Å². The summed E-state index contributed by atoms with van der Waals surface area (Å²) in [5.74, 6) is 2.02. The highest BCUT2D eigenvalue weighted by Crippen LogP contribution is 2.60. The maximum absolute atomic E-state index is 6.90. The molecule has 148 valence electrons. The lowest BCUT2D eigenvalue weighted by molar-refractivity contribution is -0.263. The molecule has 0 spiro atoms. The van der Waals surface area contributed by atoms with E-state index >= 15 is 0 Å². The number of rotatable bonds is 3. The molecule has 0 amide bonds. The number of fused-ring (bicyclic) bond motifs is 1. The van der Waals surface area contributed by atoms with Gasteiger partial charge in [-0.2, -0.15) is 0 Å². The van der Waals surface area contributed by atoms with Gasteiger partial charge in [-0.05, 0) is 35.3 Å². The zero-order chi connectivity index (χ0) is 19.3. The van der Waals surface area contributed by atoms with E-state index in [0.717, 1.165) is 11.1 Å². The molecule has 2 bridgehead atoms. The van der Waals surface area contributed by atoms with Crippen LogP contribution in [0.15, 0.2) is 60.7 Å². The van der Waals surface area contributed by atoms with E-state index in [2.05, 4.69) is 71.4 Å². The van der Waals surface area contributed by atoms with Crippen LogP contribution in [-0.2, 0) is 14.2 Å². The molecule has 1 aliphatic heterocycles. The Bertz CT molecular complexity index is 798. The third-order valence-corrected chi connectivity index (χ3v) is 8.33. The maximum atomic E-state index is 6.90. The van der Waals surface area contributed by atoms with Crippen LogP contribution in [0.2, 0.25) is 0 Å². The van der Waals surface area contributed by atoms with Gasteiger partial charge in [-0.25, -0.2) is 0 Å². The number of alkyl halides is 1. The predicted octanol–water partition coefficient (Wildman–Crippen LogP) is 5.52. The third-order valence-electron chi connectivity index (χ3n) is 7.13. The zero-order valence-corrected chi connectivity index (χ0v) is 17.9. The second-order valence-electron chi connectivity index (χ2n) is 8.45. The molecule has 2 aromatic rings. The van der Waals surface area contributed by atoms with Crippen LogP contribution in [0.3, 0.4) is 0 Å². The lowest BCUT2D eigenvalue weighted by Gasteiger charge is -2.46. The van der Waals surface area contributed by atoms with E-state index in [0.29, 0.717) is 28.5 Å². The molecule has 4 heteroatoms. The van der Waals surface area contributed by atoms with Crippen LogP contribution >= 0.6 is 15.9 Å². The molecule has 3 nitrogen and oxygen atoms in total. The van der Waals surface area contributed by atoms with Gasteiger partial charge in [0.1, 0.15) is 12.2 Å². The largest absolute Gasteiger partial charge is 0.366 e. The second kappa shape index (κ2) is 7.56. The van der Waals surface area contributed by atoms with Crippen LogP contribution in [0.4, 0.5) is 0 Å². The monoisotopic (exact) mass is 442 g/mol. The third kappa shape index (κ3) is 2.97. The fraction of sp³-hybridized carbons (Fsp3) is 0.500. The van der Waals surface area contributed by atoms with E-state index < -0.39 is 0 Å². The Kier molecular flexibility index (Phi) is 5.08. The molecule has 1 heterocycles. The summed E-state index contributed by atoms with van der Waals surface area (Å²) in [5.41, 5.74) is 2.28. The molecule has 3 aliphatic rings. The van der Waals surface area contributed by atoms with Gasteiger partial charge in [0.2, 0.25) is 0 Å². The van der Waals surface area contributed by atoms with E-state index in [-0.39, 0.29) is 24.6 Å². The van der Waals surface area contributed by atoms with Crippen LogP contribution < -0.4 is 0 Å². The number of halogens is 1. The Balaban J connectivity index is 1.60. The standard InChI is InChI=1S/C24H27BrO3/c1-14-17-13-18-19(14)24(26-2)28-22(16-11-7-4-8-12-16)21(27-23(18)20(17)25)15-9-5-3-6-10-15/h3-12,14,17-24H,13H2,1-2H3/t14-,17+,18-,19+,20+,21+,22+,23+,24+/m1/s1. The van der Waals surface area contributed by atoms with Gasteiger partial charge in [-0.3, -0.25) is 0 Å². The Morgan fingerprint density at radius 1 is 0.857 bits per heavy atom. The van der Waals surface area contributed by atoms with Crippen LogP contribution in [0.1, 0.15) is 36.7 Å². The summed E-state index contributed by atoms with van der Waals surface area (Å²) >= 11 is 4.00. The van der Waals surface area contributed by atoms with Crippen LogP contribution in [0, 0.1) is 23.7 Å². The average Bonchev–Trinajstić information content (AvgIpc) is 3.22. The fourth-order valence-corrected chi connectivity index (χ4v) is 7.01. The molecule has 2 aromatic carbocycles. The summed E-state index contributed by atoms with van der Waals surface area (Å²) in [4.78, 5) is 0.391. The zero-order valence-electron chi connectivity index (χ0n) is 16.3. The van der Waals surface area contributed by atoms with Gasteiger partial charge in [0.05, 0.1) is 6.10 Å². The smallest absolute Gasteiger partial charge is 0.161 e. The summed E-state index contributed by atoms with van der Waals surface area (Å²) in [5, 5.41) is 0. The second-order valence-corrected chi connectivity index (χ2v) is 9.51. The van der Waals surface area contributed by atoms with Gasteiger partial charge < -0.3 is 14.2 Å². The number of hydrogen-bond acceptors (Lipinski definition) is 3. The number of hydrogen-bond donors (Lipinski definition) is 0. The first-order valence-corrected chi connectivity index (χ1v) is 11.2. The molecule has 0 radical (unpaired) electrons. The quantitative estimate of drug-likeness (QED) is 0.585. The number of methoxy groups -OCH3 is 1. The van der Waals surface area contributed by atoms with Crippen molar-refractivity contribution in [3.05, 3.63) is 71.8 Å². The molecular weight excluding hydrogens is 416 g/mol. The fourth-order valence-electron chi connectivity index (χ4n) is 5.79. The van der Waals surface area contributed by atoms with Crippen molar-refractivity contribution in [2.24, 2.45) is 23.7 Å². The van der Waals surface area contributed by atoms with Gasteiger partial charge >= 0.3 is 0 Å². The predicted molar refractivity (Wildman–Crippen MR) is 112 cm³/mol. The molecule has 2 saturated carbocycles. The molecule has 3 fully saturated rings. The molecule has 0 N–H and O–H groups in total. The molecule has 0 aromatic heterocycles. The van der Waals surface area contributed by atoms with Crippen molar-refractivity contribution in [2.45, 2.75) is 42.8 Å². The first-order chi connectivity index (χ1) is 13.7. The van der Waals surface area contributed by atoms with E-state index in [1.165, 1.54) is 6.42 Å². The van der Waals surface area contributed by atoms with Crippen molar-refractivity contribution in [1.82, 2.24) is 0 Å². The van der Waals surface area contributed by atoms with Gasteiger partial charge in [-0.1, -0.05) is 83.5 Å². The minimum atomic E-state index is -0.215. The minimum Gasteiger partial charge on any atom is -0.366 e. The van der Waals surface area contributed by atoms with E-state index in [4.69, 9.17) is 14.2 Å². The van der Waals surface area contributed by atoms with E-state index in [1.54, 1.807) is 7.11 Å². The summed E-state index contributed by atoms with van der Waals surface area (Å²) < 4.78 is 19.6. The average molecular weight is 443 g/mol. The van der Waals surface area contributed by atoms with E-state index in [1.807, 2.05) is 12.1 Å². The molecule has 2 aliphatic carbocycles. The topological polar surface area (TPSA) is 27.7 Å². The minimum absolute atomic E-state index is 0.165. The molecular formula is C24H27BrO3. The van der Waals surface area contributed by atoms with Gasteiger partial charge in [0, 0.05) is 17.9 Å².